The van der Waals surface area contributed by atoms with E-state index in [9.17, 15) is 4.79 Å². The van der Waals surface area contributed by atoms with Gasteiger partial charge in [0.15, 0.2) is 5.82 Å². The van der Waals surface area contributed by atoms with Gasteiger partial charge in [-0.3, -0.25) is 9.78 Å². The minimum atomic E-state index is 0.00608. The van der Waals surface area contributed by atoms with E-state index in [0.717, 1.165) is 76.6 Å². The van der Waals surface area contributed by atoms with Crippen molar-refractivity contribution in [3.8, 4) is 17.3 Å². The number of carbonyl (C=O) groups is 1. The number of nitrogens with one attached hydrogen (secondary N) is 1. The number of likely N-dealkylation sites (tertiary alicyclic amines) is 1. The van der Waals surface area contributed by atoms with Crippen molar-refractivity contribution in [1.29, 1.82) is 0 Å². The fourth-order valence-corrected chi connectivity index (χ4v) is 7.14. The zero-order chi connectivity index (χ0) is 29.4. The lowest BCUT2D eigenvalue weighted by molar-refractivity contribution is 0.0700. The number of benzene rings is 1. The molecule has 4 aromatic heterocycles. The molecule has 0 radical (unpaired) electrons. The average Bonchev–Trinajstić information content (AvgIpc) is 3.42. The summed E-state index contributed by atoms with van der Waals surface area (Å²) in [6.07, 6.45) is 8.15. The van der Waals surface area contributed by atoms with Gasteiger partial charge in [-0.25, -0.2) is 9.97 Å². The van der Waals surface area contributed by atoms with Crippen molar-refractivity contribution in [2.75, 3.05) is 19.0 Å². The van der Waals surface area contributed by atoms with Crippen LogP contribution >= 0.6 is 0 Å². The van der Waals surface area contributed by atoms with Crippen LogP contribution in [0, 0.1) is 18.8 Å². The van der Waals surface area contributed by atoms with Crippen LogP contribution in [0.5, 0.6) is 5.75 Å². The first-order chi connectivity index (χ1) is 20.9. The van der Waals surface area contributed by atoms with Gasteiger partial charge in [0.25, 0.3) is 5.91 Å². The molecule has 2 aliphatic carbocycles. The number of nitrogens with zero attached hydrogens (tertiary/aromatic N) is 6. The number of piperidine rings is 1. The molecule has 2 bridgehead atoms. The molecular formula is C33H36N8O2. The standard InChI is InChI=1S/C33H36N8O2/c1-18-15-35-11-10-23(18)36-28-9-7-20-13-26(40(31(20)38-28)16-19-4-5-19)32-37-24-12-22(14-27(43-3)30(24)39(32)2)33(42)41-17-21-6-8-25(41)29(21)34/h7,9-15,19,21,25,29H,4-6,8,16-17,34H2,1-3H3,(H,35,36,38)/t21-,25-,29-/m1/s1. The van der Waals surface area contributed by atoms with E-state index in [0.29, 0.717) is 23.1 Å². The maximum Gasteiger partial charge on any atom is 0.254 e. The lowest BCUT2D eigenvalue weighted by Crippen LogP contribution is -2.41. The van der Waals surface area contributed by atoms with Crippen LogP contribution in [0.1, 0.15) is 41.6 Å². The molecule has 3 fully saturated rings. The predicted octanol–water partition coefficient (Wildman–Crippen LogP) is 5.02. The monoisotopic (exact) mass is 576 g/mol. The van der Waals surface area contributed by atoms with Crippen LogP contribution in [0.3, 0.4) is 0 Å². The van der Waals surface area contributed by atoms with Crippen molar-refractivity contribution < 1.29 is 9.53 Å². The number of aryl methyl sites for hydroxylation is 2. The number of anilines is 2. The Kier molecular flexibility index (Phi) is 5.98. The van der Waals surface area contributed by atoms with Crippen LogP contribution in [0.4, 0.5) is 11.5 Å². The Labute approximate surface area is 249 Å². The number of amides is 1. The minimum Gasteiger partial charge on any atom is -0.494 e. The Bertz CT molecular complexity index is 1900. The predicted molar refractivity (Wildman–Crippen MR) is 166 cm³/mol. The normalized spacial score (nSPS) is 21.3. The molecule has 10 heteroatoms. The molecule has 3 N–H and O–H groups in total. The molecule has 1 aromatic carbocycles. The Balaban J connectivity index is 1.21. The van der Waals surface area contributed by atoms with Gasteiger partial charge in [0.1, 0.15) is 22.7 Å². The zero-order valence-electron chi connectivity index (χ0n) is 24.7. The summed E-state index contributed by atoms with van der Waals surface area (Å²) in [5, 5.41) is 4.52. The third kappa shape index (κ3) is 4.26. The summed E-state index contributed by atoms with van der Waals surface area (Å²) < 4.78 is 10.2. The van der Waals surface area contributed by atoms with Gasteiger partial charge in [-0.1, -0.05) is 0 Å². The summed E-state index contributed by atoms with van der Waals surface area (Å²) in [6.45, 7) is 3.64. The number of rotatable bonds is 7. The topological polar surface area (TPSA) is 116 Å². The summed E-state index contributed by atoms with van der Waals surface area (Å²) >= 11 is 0. The van der Waals surface area contributed by atoms with Gasteiger partial charge in [-0.2, -0.15) is 0 Å². The summed E-state index contributed by atoms with van der Waals surface area (Å²) in [5.41, 5.74) is 12.6. The first-order valence-electron chi connectivity index (χ1n) is 15.2. The van der Waals surface area contributed by atoms with Gasteiger partial charge in [0.05, 0.1) is 18.3 Å². The Morgan fingerprint density at radius 3 is 2.70 bits per heavy atom. The first-order valence-corrected chi connectivity index (χ1v) is 15.2. The molecule has 3 atom stereocenters. The van der Waals surface area contributed by atoms with E-state index in [4.69, 9.17) is 20.4 Å². The van der Waals surface area contributed by atoms with Crippen LogP contribution in [-0.4, -0.2) is 60.6 Å². The number of aromatic nitrogens is 5. The van der Waals surface area contributed by atoms with Crippen molar-refractivity contribution >= 4 is 39.5 Å². The van der Waals surface area contributed by atoms with E-state index in [1.807, 2.05) is 49.3 Å². The molecule has 5 heterocycles. The molecule has 43 heavy (non-hydrogen) atoms. The highest BCUT2D eigenvalue weighted by Crippen LogP contribution is 2.40. The molecule has 1 saturated heterocycles. The quantitative estimate of drug-likeness (QED) is 0.280. The van der Waals surface area contributed by atoms with E-state index in [1.165, 1.54) is 12.8 Å². The van der Waals surface area contributed by atoms with E-state index >= 15 is 0 Å². The highest BCUT2D eigenvalue weighted by Gasteiger charge is 2.47. The maximum atomic E-state index is 13.7. The number of fused-ring (bicyclic) bond motifs is 4. The Morgan fingerprint density at radius 1 is 1.12 bits per heavy atom. The van der Waals surface area contributed by atoms with Crippen LogP contribution in [-0.2, 0) is 13.6 Å². The molecule has 1 aliphatic heterocycles. The molecule has 3 aliphatic rings. The number of pyridine rings is 2. The third-order valence-corrected chi connectivity index (χ3v) is 9.71. The van der Waals surface area contributed by atoms with Crippen LogP contribution in [0.15, 0.2) is 48.8 Å². The highest BCUT2D eigenvalue weighted by molar-refractivity contribution is 6.00. The first kappa shape index (κ1) is 26.2. The van der Waals surface area contributed by atoms with Crippen molar-refractivity contribution in [3.63, 3.8) is 0 Å². The lowest BCUT2D eigenvalue weighted by Gasteiger charge is -2.27. The molecule has 5 aromatic rings. The molecule has 1 amide bonds. The van der Waals surface area contributed by atoms with Gasteiger partial charge < -0.3 is 29.8 Å². The Hall–Kier alpha value is -4.44. The minimum absolute atomic E-state index is 0.00608. The van der Waals surface area contributed by atoms with E-state index in [2.05, 4.69) is 31.6 Å². The van der Waals surface area contributed by atoms with E-state index in [1.54, 1.807) is 13.3 Å². The average molecular weight is 577 g/mol. The summed E-state index contributed by atoms with van der Waals surface area (Å²) in [7, 11) is 3.66. The number of methoxy groups -OCH3 is 1. The Morgan fingerprint density at radius 2 is 1.98 bits per heavy atom. The van der Waals surface area contributed by atoms with Crippen molar-refractivity contribution in [1.82, 2.24) is 29.0 Å². The second kappa shape index (κ2) is 9.80. The SMILES string of the molecule is COc1cc(C(=O)N2C[C@H]3CC[C@@H]2[C@@H]3N)cc2nc(-c3cc4ccc(Nc5ccncc5C)nc4n3CC3CC3)n(C)c12. The van der Waals surface area contributed by atoms with Gasteiger partial charge >= 0.3 is 0 Å². The van der Waals surface area contributed by atoms with Gasteiger partial charge in [0, 0.05) is 61.3 Å². The van der Waals surface area contributed by atoms with Crippen LogP contribution < -0.4 is 15.8 Å². The number of imidazole rings is 1. The van der Waals surface area contributed by atoms with Crippen LogP contribution in [0.25, 0.3) is 33.6 Å². The van der Waals surface area contributed by atoms with Gasteiger partial charge in [-0.15, -0.1) is 0 Å². The summed E-state index contributed by atoms with van der Waals surface area (Å²) in [4.78, 5) is 30.1. The number of hydrogen-bond acceptors (Lipinski definition) is 7. The summed E-state index contributed by atoms with van der Waals surface area (Å²) in [5.74, 6) is 3.27. The largest absolute Gasteiger partial charge is 0.494 e. The molecule has 8 rings (SSSR count). The number of ether oxygens (including phenoxy) is 1. The molecule has 0 unspecified atom stereocenters. The van der Waals surface area contributed by atoms with Gasteiger partial charge in [-0.05, 0) is 86.4 Å². The lowest BCUT2D eigenvalue weighted by atomic mass is 10.1. The fourth-order valence-electron chi connectivity index (χ4n) is 7.14. The van der Waals surface area contributed by atoms with Gasteiger partial charge in [0.2, 0.25) is 0 Å². The molecule has 0 spiro atoms. The molecular weight excluding hydrogens is 540 g/mol. The highest BCUT2D eigenvalue weighted by atomic mass is 16.5. The third-order valence-electron chi connectivity index (χ3n) is 9.71. The second-order valence-corrected chi connectivity index (χ2v) is 12.5. The summed E-state index contributed by atoms with van der Waals surface area (Å²) in [6, 6.07) is 12.2. The molecule has 10 nitrogen and oxygen atoms in total. The fraction of sp³-hybridized carbons (Fsp3) is 0.394. The van der Waals surface area contributed by atoms with E-state index in [-0.39, 0.29) is 18.0 Å². The van der Waals surface area contributed by atoms with Crippen molar-refractivity contribution in [3.05, 3.63) is 59.9 Å². The van der Waals surface area contributed by atoms with Crippen LogP contribution in [0.2, 0.25) is 0 Å². The number of hydrogen-bond donors (Lipinski definition) is 2. The molecule has 2 saturated carbocycles. The maximum absolute atomic E-state index is 13.7. The van der Waals surface area contributed by atoms with E-state index < -0.39 is 0 Å². The number of nitrogens with two attached hydrogens (primary N) is 1. The smallest absolute Gasteiger partial charge is 0.254 e. The zero-order valence-corrected chi connectivity index (χ0v) is 24.7. The molecule has 220 valence electrons. The second-order valence-electron chi connectivity index (χ2n) is 12.5. The number of carbonyl (C=O) groups excluding carboxylic acids is 1. The van der Waals surface area contributed by atoms with Crippen molar-refractivity contribution in [2.24, 2.45) is 24.6 Å². The van der Waals surface area contributed by atoms with Crippen molar-refractivity contribution in [2.45, 2.75) is 51.2 Å².